The van der Waals surface area contributed by atoms with Crippen molar-refractivity contribution in [3.05, 3.63) is 99.9 Å². The van der Waals surface area contributed by atoms with Gasteiger partial charge in [0.05, 0.1) is 6.04 Å². The van der Waals surface area contributed by atoms with Gasteiger partial charge in [0, 0.05) is 11.8 Å². The predicted octanol–water partition coefficient (Wildman–Crippen LogP) is 3.67. The Hall–Kier alpha value is -3.71. The minimum Gasteiger partial charge on any atom is -0.451 e. The van der Waals surface area contributed by atoms with Crippen molar-refractivity contribution in [2.45, 2.75) is 13.0 Å². The SMILES string of the molecule is CC(=O)NC(=Cc1ccccc1)C(=O)OCC(=O)NC(c1ccccc1)c1cccs1. The van der Waals surface area contributed by atoms with Crippen molar-refractivity contribution in [1.82, 2.24) is 10.6 Å². The number of rotatable bonds is 8. The van der Waals surface area contributed by atoms with Crippen molar-refractivity contribution in [3.8, 4) is 0 Å². The second-order valence-corrected chi connectivity index (χ2v) is 7.63. The van der Waals surface area contributed by atoms with Gasteiger partial charge in [-0.15, -0.1) is 11.3 Å². The summed E-state index contributed by atoms with van der Waals surface area (Å²) in [5, 5.41) is 7.30. The maximum absolute atomic E-state index is 12.5. The van der Waals surface area contributed by atoms with Gasteiger partial charge in [0.15, 0.2) is 6.61 Å². The largest absolute Gasteiger partial charge is 0.451 e. The third kappa shape index (κ3) is 6.65. The molecule has 0 saturated carbocycles. The van der Waals surface area contributed by atoms with Crippen molar-refractivity contribution in [2.75, 3.05) is 6.61 Å². The zero-order valence-corrected chi connectivity index (χ0v) is 17.7. The number of hydrogen-bond donors (Lipinski definition) is 2. The molecule has 1 aromatic heterocycles. The van der Waals surface area contributed by atoms with Crippen molar-refractivity contribution in [2.24, 2.45) is 0 Å². The highest BCUT2D eigenvalue weighted by molar-refractivity contribution is 7.10. The summed E-state index contributed by atoms with van der Waals surface area (Å²) in [6.45, 7) is 0.823. The first kappa shape index (κ1) is 22.0. The first-order chi connectivity index (χ1) is 15.0. The lowest BCUT2D eigenvalue weighted by Crippen LogP contribution is -2.34. The number of amides is 2. The van der Waals surface area contributed by atoms with E-state index in [9.17, 15) is 14.4 Å². The fraction of sp³-hybridized carbons (Fsp3) is 0.125. The number of carbonyl (C=O) groups excluding carboxylic acids is 3. The van der Waals surface area contributed by atoms with Gasteiger partial charge in [-0.05, 0) is 28.6 Å². The highest BCUT2D eigenvalue weighted by atomic mass is 32.1. The lowest BCUT2D eigenvalue weighted by atomic mass is 10.1. The van der Waals surface area contributed by atoms with E-state index in [1.807, 2.05) is 66.0 Å². The number of hydrogen-bond acceptors (Lipinski definition) is 5. The summed E-state index contributed by atoms with van der Waals surface area (Å²) >= 11 is 1.53. The van der Waals surface area contributed by atoms with Gasteiger partial charge >= 0.3 is 5.97 Å². The van der Waals surface area contributed by atoms with Crippen LogP contribution in [-0.4, -0.2) is 24.4 Å². The number of esters is 1. The Balaban J connectivity index is 1.67. The first-order valence-electron chi connectivity index (χ1n) is 9.62. The first-order valence-corrected chi connectivity index (χ1v) is 10.5. The zero-order valence-electron chi connectivity index (χ0n) is 16.9. The summed E-state index contributed by atoms with van der Waals surface area (Å²) in [5.74, 6) is -1.65. The summed E-state index contributed by atoms with van der Waals surface area (Å²) in [5.41, 5.74) is 1.60. The monoisotopic (exact) mass is 434 g/mol. The van der Waals surface area contributed by atoms with Crippen molar-refractivity contribution in [3.63, 3.8) is 0 Å². The molecule has 1 unspecified atom stereocenters. The van der Waals surface area contributed by atoms with Crippen LogP contribution in [0.5, 0.6) is 0 Å². The van der Waals surface area contributed by atoms with E-state index in [4.69, 9.17) is 4.74 Å². The van der Waals surface area contributed by atoms with Gasteiger partial charge in [0.2, 0.25) is 5.91 Å². The Morgan fingerprint density at radius 3 is 2.26 bits per heavy atom. The average molecular weight is 435 g/mol. The van der Waals surface area contributed by atoms with Gasteiger partial charge < -0.3 is 15.4 Å². The fourth-order valence-corrected chi connectivity index (χ4v) is 3.69. The number of thiophene rings is 1. The third-order valence-electron chi connectivity index (χ3n) is 4.24. The lowest BCUT2D eigenvalue weighted by Gasteiger charge is -2.18. The van der Waals surface area contributed by atoms with Crippen LogP contribution in [0.1, 0.15) is 29.0 Å². The van der Waals surface area contributed by atoms with Crippen LogP contribution in [-0.2, 0) is 19.1 Å². The minimum absolute atomic E-state index is 0.0376. The molecule has 0 radical (unpaired) electrons. The van der Waals surface area contributed by atoms with E-state index in [1.54, 1.807) is 12.1 Å². The molecule has 6 nitrogen and oxygen atoms in total. The minimum atomic E-state index is -0.790. The molecule has 0 saturated heterocycles. The van der Waals surface area contributed by atoms with Crippen molar-refractivity contribution in [1.29, 1.82) is 0 Å². The molecule has 0 spiro atoms. The van der Waals surface area contributed by atoms with Crippen LogP contribution in [0.4, 0.5) is 0 Å². The summed E-state index contributed by atoms with van der Waals surface area (Å²) in [4.78, 5) is 37.5. The van der Waals surface area contributed by atoms with E-state index in [2.05, 4.69) is 10.6 Å². The van der Waals surface area contributed by atoms with Gasteiger partial charge in [-0.25, -0.2) is 4.79 Å². The molecule has 2 aromatic carbocycles. The van der Waals surface area contributed by atoms with Gasteiger partial charge in [0.1, 0.15) is 5.70 Å². The number of ether oxygens (including phenoxy) is 1. The van der Waals surface area contributed by atoms with Crippen LogP contribution in [0.25, 0.3) is 6.08 Å². The molecule has 1 atom stereocenters. The third-order valence-corrected chi connectivity index (χ3v) is 5.18. The zero-order chi connectivity index (χ0) is 22.1. The van der Waals surface area contributed by atoms with Crippen LogP contribution >= 0.6 is 11.3 Å². The molecular formula is C24H22N2O4S. The molecular weight excluding hydrogens is 412 g/mol. The van der Waals surface area contributed by atoms with Crippen LogP contribution in [0.2, 0.25) is 0 Å². The molecule has 2 amide bonds. The molecule has 158 valence electrons. The molecule has 3 rings (SSSR count). The van der Waals surface area contributed by atoms with Crippen LogP contribution in [0.15, 0.2) is 83.9 Å². The molecule has 7 heteroatoms. The number of benzene rings is 2. The van der Waals surface area contributed by atoms with Gasteiger partial charge in [-0.2, -0.15) is 0 Å². The number of nitrogens with one attached hydrogen (secondary N) is 2. The number of carbonyl (C=O) groups is 3. The van der Waals surface area contributed by atoms with Crippen molar-refractivity contribution >= 4 is 35.2 Å². The molecule has 0 aliphatic rings. The summed E-state index contributed by atoms with van der Waals surface area (Å²) in [6.07, 6.45) is 1.50. The van der Waals surface area contributed by atoms with Gasteiger partial charge in [-0.1, -0.05) is 66.7 Å². The highest BCUT2D eigenvalue weighted by Gasteiger charge is 2.20. The molecule has 2 N–H and O–H groups in total. The topological polar surface area (TPSA) is 84.5 Å². The smallest absolute Gasteiger partial charge is 0.355 e. The average Bonchev–Trinajstić information content (AvgIpc) is 3.31. The quantitative estimate of drug-likeness (QED) is 0.418. The maximum atomic E-state index is 12.5. The standard InChI is InChI=1S/C24H22N2O4S/c1-17(27)25-20(15-18-9-4-2-5-10-18)24(29)30-16-22(28)26-23(21-13-8-14-31-21)19-11-6-3-7-12-19/h2-15,23H,16H2,1H3,(H,25,27)(H,26,28). The molecule has 0 bridgehead atoms. The molecule has 0 aliphatic carbocycles. The Morgan fingerprint density at radius 1 is 0.968 bits per heavy atom. The van der Waals surface area contributed by atoms with E-state index in [1.165, 1.54) is 24.3 Å². The van der Waals surface area contributed by atoms with Gasteiger partial charge in [-0.3, -0.25) is 9.59 Å². The summed E-state index contributed by atoms with van der Waals surface area (Å²) in [7, 11) is 0. The highest BCUT2D eigenvalue weighted by Crippen LogP contribution is 2.25. The van der Waals surface area contributed by atoms with Crippen LogP contribution in [0, 0.1) is 0 Å². The van der Waals surface area contributed by atoms with E-state index in [0.717, 1.165) is 16.0 Å². The molecule has 0 aliphatic heterocycles. The Bertz CT molecular complexity index is 1050. The normalized spacial score (nSPS) is 12.0. The Kier molecular flexibility index (Phi) is 7.73. The Morgan fingerprint density at radius 2 is 1.65 bits per heavy atom. The van der Waals surface area contributed by atoms with Crippen LogP contribution < -0.4 is 10.6 Å². The molecule has 1 heterocycles. The van der Waals surface area contributed by atoms with Crippen molar-refractivity contribution < 1.29 is 19.1 Å². The van der Waals surface area contributed by atoms with Crippen LogP contribution in [0.3, 0.4) is 0 Å². The lowest BCUT2D eigenvalue weighted by molar-refractivity contribution is -0.145. The van der Waals surface area contributed by atoms with E-state index in [0.29, 0.717) is 0 Å². The summed E-state index contributed by atoms with van der Waals surface area (Å²) in [6, 6.07) is 22.1. The van der Waals surface area contributed by atoms with Gasteiger partial charge in [0.25, 0.3) is 5.91 Å². The maximum Gasteiger partial charge on any atom is 0.355 e. The summed E-state index contributed by atoms with van der Waals surface area (Å²) < 4.78 is 5.16. The molecule has 0 fully saturated rings. The van der Waals surface area contributed by atoms with E-state index >= 15 is 0 Å². The molecule has 31 heavy (non-hydrogen) atoms. The Labute approximate surface area is 184 Å². The van der Waals surface area contributed by atoms with E-state index < -0.39 is 24.4 Å². The van der Waals surface area contributed by atoms with E-state index in [-0.39, 0.29) is 11.7 Å². The second kappa shape index (κ2) is 10.9. The fourth-order valence-electron chi connectivity index (χ4n) is 2.88. The second-order valence-electron chi connectivity index (χ2n) is 6.65. The molecule has 3 aromatic rings. The predicted molar refractivity (Wildman–Crippen MR) is 120 cm³/mol.